The minimum absolute atomic E-state index is 0.0943. The van der Waals surface area contributed by atoms with Crippen molar-refractivity contribution in [3.05, 3.63) is 90.6 Å². The summed E-state index contributed by atoms with van der Waals surface area (Å²) in [5.41, 5.74) is 1.32. The highest BCUT2D eigenvalue weighted by atomic mass is 16.5. The molecule has 33 heavy (non-hydrogen) atoms. The Kier molecular flexibility index (Phi) is 14.6. The van der Waals surface area contributed by atoms with Crippen LogP contribution in [-0.2, 0) is 10.2 Å². The maximum atomic E-state index is 12.3. The number of esters is 1. The molecule has 0 amide bonds. The molecule has 0 bridgehead atoms. The standard InChI is InChI=1S/C31H44O2/c1-6-7-8-9-10-11-12-13-14-15-16-17-18-19-20-21-22-27(2)30(32)33-29-25-23-28(24-26-29)31(3,4)5/h7-8,10-11,13-14,16-17,19-20,23-27H,6,9,12,15,18,21-22H2,1-5H3. The molecule has 1 atom stereocenters. The summed E-state index contributed by atoms with van der Waals surface area (Å²) in [6.07, 6.45) is 28.6. The van der Waals surface area contributed by atoms with Gasteiger partial charge in [0, 0.05) is 0 Å². The molecule has 0 saturated heterocycles. The van der Waals surface area contributed by atoms with E-state index >= 15 is 0 Å². The molecule has 0 heterocycles. The second kappa shape index (κ2) is 16.9. The van der Waals surface area contributed by atoms with Crippen molar-refractivity contribution in [1.82, 2.24) is 0 Å². The van der Waals surface area contributed by atoms with Crippen LogP contribution < -0.4 is 4.74 Å². The summed E-state index contributed by atoms with van der Waals surface area (Å²) < 4.78 is 5.54. The maximum absolute atomic E-state index is 12.3. The van der Waals surface area contributed by atoms with Gasteiger partial charge in [-0.3, -0.25) is 4.79 Å². The molecule has 2 heteroatoms. The number of hydrogen-bond donors (Lipinski definition) is 0. The van der Waals surface area contributed by atoms with E-state index in [-0.39, 0.29) is 17.3 Å². The average Bonchev–Trinajstić information content (AvgIpc) is 2.78. The van der Waals surface area contributed by atoms with E-state index in [0.717, 1.165) is 44.9 Å². The van der Waals surface area contributed by atoms with Gasteiger partial charge in [-0.2, -0.15) is 0 Å². The van der Waals surface area contributed by atoms with Crippen LogP contribution in [0.25, 0.3) is 0 Å². The predicted octanol–water partition coefficient (Wildman–Crippen LogP) is 9.06. The zero-order chi connectivity index (χ0) is 24.4. The van der Waals surface area contributed by atoms with Crippen molar-refractivity contribution in [3.8, 4) is 5.75 Å². The molecule has 1 unspecified atom stereocenters. The Morgan fingerprint density at radius 3 is 1.70 bits per heavy atom. The van der Waals surface area contributed by atoms with Gasteiger partial charge in [-0.1, -0.05) is 108 Å². The lowest BCUT2D eigenvalue weighted by atomic mass is 9.87. The number of allylic oxidation sites excluding steroid dienone is 10. The third-order valence-electron chi connectivity index (χ3n) is 5.27. The van der Waals surface area contributed by atoms with Gasteiger partial charge >= 0.3 is 5.97 Å². The highest BCUT2D eigenvalue weighted by Crippen LogP contribution is 2.24. The molecule has 0 N–H and O–H groups in total. The van der Waals surface area contributed by atoms with E-state index in [2.05, 4.69) is 88.5 Å². The van der Waals surface area contributed by atoms with E-state index in [1.54, 1.807) is 0 Å². The van der Waals surface area contributed by atoms with Crippen molar-refractivity contribution < 1.29 is 9.53 Å². The van der Waals surface area contributed by atoms with Gasteiger partial charge in [0.1, 0.15) is 5.75 Å². The monoisotopic (exact) mass is 448 g/mol. The third-order valence-corrected chi connectivity index (χ3v) is 5.27. The normalized spacial score (nSPS) is 13.8. The van der Waals surface area contributed by atoms with Crippen LogP contribution in [0.2, 0.25) is 0 Å². The first-order valence-electron chi connectivity index (χ1n) is 12.4. The van der Waals surface area contributed by atoms with E-state index in [1.165, 1.54) is 5.56 Å². The number of hydrogen-bond acceptors (Lipinski definition) is 2. The third kappa shape index (κ3) is 14.2. The first-order chi connectivity index (χ1) is 15.8. The van der Waals surface area contributed by atoms with E-state index in [9.17, 15) is 4.79 Å². The molecule has 1 aromatic rings. The highest BCUT2D eigenvalue weighted by molar-refractivity contribution is 5.74. The van der Waals surface area contributed by atoms with Crippen LogP contribution in [0.4, 0.5) is 0 Å². The number of ether oxygens (including phenoxy) is 1. The number of rotatable bonds is 14. The molecular formula is C31H44O2. The van der Waals surface area contributed by atoms with E-state index < -0.39 is 0 Å². The number of carbonyl (C=O) groups excluding carboxylic acids is 1. The molecular weight excluding hydrogens is 404 g/mol. The molecule has 180 valence electrons. The zero-order valence-corrected chi connectivity index (χ0v) is 21.4. The van der Waals surface area contributed by atoms with Crippen LogP contribution in [0.1, 0.15) is 85.1 Å². The Balaban J connectivity index is 2.16. The highest BCUT2D eigenvalue weighted by Gasteiger charge is 2.16. The summed E-state index contributed by atoms with van der Waals surface area (Å²) in [5.74, 6) is 0.343. The Hall–Kier alpha value is -2.61. The largest absolute Gasteiger partial charge is 0.426 e. The maximum Gasteiger partial charge on any atom is 0.314 e. The smallest absolute Gasteiger partial charge is 0.314 e. The minimum Gasteiger partial charge on any atom is -0.426 e. The van der Waals surface area contributed by atoms with Crippen molar-refractivity contribution >= 4 is 5.97 Å². The molecule has 0 spiro atoms. The summed E-state index contributed by atoms with van der Waals surface area (Å²) in [4.78, 5) is 12.3. The second-order valence-corrected chi connectivity index (χ2v) is 9.38. The van der Waals surface area contributed by atoms with Gasteiger partial charge in [0.05, 0.1) is 5.92 Å². The Bertz CT molecular complexity index is 798. The molecule has 0 aliphatic rings. The van der Waals surface area contributed by atoms with Gasteiger partial charge in [-0.15, -0.1) is 0 Å². The van der Waals surface area contributed by atoms with Crippen molar-refractivity contribution in [3.63, 3.8) is 0 Å². The second-order valence-electron chi connectivity index (χ2n) is 9.38. The number of benzene rings is 1. The van der Waals surface area contributed by atoms with Crippen LogP contribution in [0, 0.1) is 5.92 Å². The Morgan fingerprint density at radius 2 is 1.24 bits per heavy atom. The van der Waals surface area contributed by atoms with E-state index in [1.807, 2.05) is 31.2 Å². The van der Waals surface area contributed by atoms with Crippen molar-refractivity contribution in [2.75, 3.05) is 0 Å². The van der Waals surface area contributed by atoms with E-state index in [4.69, 9.17) is 4.74 Å². The van der Waals surface area contributed by atoms with Gasteiger partial charge < -0.3 is 4.74 Å². The van der Waals surface area contributed by atoms with Crippen molar-refractivity contribution in [2.24, 2.45) is 5.92 Å². The van der Waals surface area contributed by atoms with Crippen LogP contribution in [0.5, 0.6) is 5.75 Å². The molecule has 0 aliphatic heterocycles. The SMILES string of the molecule is CCC=CCC=CCC=CCC=CCC=CCCC(C)C(=O)Oc1ccc(C(C)(C)C)cc1. The molecule has 0 aliphatic carbocycles. The van der Waals surface area contributed by atoms with Crippen molar-refractivity contribution in [2.45, 2.75) is 85.0 Å². The Labute approximate surface area is 202 Å². The topological polar surface area (TPSA) is 26.3 Å². The predicted molar refractivity (Wildman–Crippen MR) is 144 cm³/mol. The lowest BCUT2D eigenvalue weighted by Crippen LogP contribution is -2.18. The molecule has 0 fully saturated rings. The summed E-state index contributed by atoms with van der Waals surface area (Å²) in [5, 5.41) is 0. The van der Waals surface area contributed by atoms with E-state index in [0.29, 0.717) is 5.75 Å². The van der Waals surface area contributed by atoms with Crippen LogP contribution in [0.15, 0.2) is 85.0 Å². The fourth-order valence-corrected chi connectivity index (χ4v) is 3.07. The Morgan fingerprint density at radius 1 is 0.788 bits per heavy atom. The summed E-state index contributed by atoms with van der Waals surface area (Å²) in [6, 6.07) is 7.83. The lowest BCUT2D eigenvalue weighted by molar-refractivity contribution is -0.138. The summed E-state index contributed by atoms with van der Waals surface area (Å²) >= 11 is 0. The summed E-state index contributed by atoms with van der Waals surface area (Å²) in [6.45, 7) is 10.6. The quantitative estimate of drug-likeness (QED) is 0.161. The van der Waals surface area contributed by atoms with Crippen LogP contribution >= 0.6 is 0 Å². The first-order valence-corrected chi connectivity index (χ1v) is 12.4. The fourth-order valence-electron chi connectivity index (χ4n) is 3.07. The number of carbonyl (C=O) groups is 1. The van der Waals surface area contributed by atoms with Gasteiger partial charge in [0.2, 0.25) is 0 Å². The molecule has 0 aromatic heterocycles. The average molecular weight is 449 g/mol. The van der Waals surface area contributed by atoms with Crippen LogP contribution in [-0.4, -0.2) is 5.97 Å². The summed E-state index contributed by atoms with van der Waals surface area (Å²) in [7, 11) is 0. The minimum atomic E-state index is -0.161. The van der Waals surface area contributed by atoms with Gasteiger partial charge in [-0.05, 0) is 68.1 Å². The zero-order valence-electron chi connectivity index (χ0n) is 21.4. The van der Waals surface area contributed by atoms with Gasteiger partial charge in [0.15, 0.2) is 0 Å². The van der Waals surface area contributed by atoms with Gasteiger partial charge in [-0.25, -0.2) is 0 Å². The molecule has 2 nitrogen and oxygen atoms in total. The lowest BCUT2D eigenvalue weighted by Gasteiger charge is -2.19. The molecule has 1 aromatic carbocycles. The first kappa shape index (κ1) is 28.4. The molecule has 0 radical (unpaired) electrons. The van der Waals surface area contributed by atoms with Gasteiger partial charge in [0.25, 0.3) is 0 Å². The molecule has 0 saturated carbocycles. The molecule has 1 rings (SSSR count). The fraction of sp³-hybridized carbons (Fsp3) is 0.452. The van der Waals surface area contributed by atoms with Crippen molar-refractivity contribution in [1.29, 1.82) is 0 Å². The van der Waals surface area contributed by atoms with Crippen LogP contribution in [0.3, 0.4) is 0 Å².